The summed E-state index contributed by atoms with van der Waals surface area (Å²) < 4.78 is 35.7. The van der Waals surface area contributed by atoms with Crippen molar-refractivity contribution in [3.05, 3.63) is 23.8 Å². The minimum Gasteiger partial charge on any atom is -0.381 e. The van der Waals surface area contributed by atoms with Gasteiger partial charge in [-0.25, -0.2) is 18.3 Å². The molecule has 2 amide bonds. The van der Waals surface area contributed by atoms with Gasteiger partial charge in [-0.2, -0.15) is 0 Å². The average Bonchev–Trinajstić information content (AvgIpc) is 3.23. The summed E-state index contributed by atoms with van der Waals surface area (Å²) in [4.78, 5) is 36.2. The molecule has 5 heterocycles. The Bertz CT molecular complexity index is 1130. The van der Waals surface area contributed by atoms with E-state index in [0.717, 1.165) is 16.9 Å². The predicted octanol–water partition coefficient (Wildman–Crippen LogP) is 0.162. The van der Waals surface area contributed by atoms with Crippen molar-refractivity contribution in [3.8, 4) is 0 Å². The number of anilines is 1. The normalized spacial score (nSPS) is 26.5. The van der Waals surface area contributed by atoms with Crippen LogP contribution in [0.4, 0.5) is 14.6 Å². The maximum Gasteiger partial charge on any atom is 0.259 e. The number of nitrogens with two attached hydrogens (primary N) is 1. The van der Waals surface area contributed by atoms with Gasteiger partial charge in [-0.15, -0.1) is 5.10 Å². The van der Waals surface area contributed by atoms with Crippen molar-refractivity contribution in [3.63, 3.8) is 0 Å². The lowest BCUT2D eigenvalue weighted by molar-refractivity contribution is -0.141. The number of aromatic nitrogens is 3. The van der Waals surface area contributed by atoms with Crippen LogP contribution in [0.15, 0.2) is 12.4 Å². The second-order valence-corrected chi connectivity index (χ2v) is 9.99. The van der Waals surface area contributed by atoms with Crippen molar-refractivity contribution in [2.24, 2.45) is 5.92 Å². The average molecular weight is 521 g/mol. The Hall–Kier alpha value is -2.90. The number of nitrogen functional groups attached to an aromatic ring is 1. The fraction of sp³-hybridized carbons (Fsp3) is 0.667. The van der Waals surface area contributed by atoms with Gasteiger partial charge < -0.3 is 20.7 Å². The first-order valence-corrected chi connectivity index (χ1v) is 12.9. The molecule has 0 spiro atoms. The molecule has 0 aliphatic carbocycles. The van der Waals surface area contributed by atoms with E-state index in [-0.39, 0.29) is 35.4 Å². The fourth-order valence-corrected chi connectivity index (χ4v) is 5.81. The number of rotatable bonds is 5. The SMILES string of the molecule is CCN1CC(F)C(N2CCC(C(=O)N3CCOCC3)CC2)C(NC(=O)c2c(N)nn3cc(F)cnc23)C1. The van der Waals surface area contributed by atoms with Crippen LogP contribution < -0.4 is 11.1 Å². The van der Waals surface area contributed by atoms with Crippen molar-refractivity contribution in [2.75, 3.05) is 64.8 Å². The molecule has 3 fully saturated rings. The van der Waals surface area contributed by atoms with Gasteiger partial charge in [0, 0.05) is 32.1 Å². The first-order valence-electron chi connectivity index (χ1n) is 12.9. The number of likely N-dealkylation sites (tertiary alicyclic amines) is 2. The van der Waals surface area contributed by atoms with Crippen LogP contribution >= 0.6 is 0 Å². The summed E-state index contributed by atoms with van der Waals surface area (Å²) in [5.41, 5.74) is 6.15. The lowest BCUT2D eigenvalue weighted by Gasteiger charge is -2.47. The van der Waals surface area contributed by atoms with Crippen molar-refractivity contribution in [2.45, 2.75) is 38.0 Å². The summed E-state index contributed by atoms with van der Waals surface area (Å²) >= 11 is 0. The molecule has 3 aliphatic heterocycles. The van der Waals surface area contributed by atoms with Crippen molar-refractivity contribution in [1.29, 1.82) is 0 Å². The minimum atomic E-state index is -1.18. The molecule has 11 nitrogen and oxygen atoms in total. The van der Waals surface area contributed by atoms with Gasteiger partial charge in [-0.3, -0.25) is 19.4 Å². The summed E-state index contributed by atoms with van der Waals surface area (Å²) in [7, 11) is 0. The molecule has 2 aromatic heterocycles. The van der Waals surface area contributed by atoms with E-state index >= 15 is 4.39 Å². The Morgan fingerprint density at radius 1 is 1.19 bits per heavy atom. The first kappa shape index (κ1) is 25.7. The van der Waals surface area contributed by atoms with E-state index in [0.29, 0.717) is 65.3 Å². The summed E-state index contributed by atoms with van der Waals surface area (Å²) in [6.45, 7) is 6.85. The number of carbonyl (C=O) groups is 2. The van der Waals surface area contributed by atoms with Gasteiger partial charge in [-0.1, -0.05) is 6.92 Å². The van der Waals surface area contributed by atoms with Crippen molar-refractivity contribution in [1.82, 2.24) is 34.6 Å². The number of amides is 2. The molecule has 13 heteroatoms. The van der Waals surface area contributed by atoms with Crippen LogP contribution in [-0.2, 0) is 9.53 Å². The Morgan fingerprint density at radius 2 is 1.92 bits per heavy atom. The van der Waals surface area contributed by atoms with Crippen LogP contribution in [0.5, 0.6) is 0 Å². The zero-order valence-electron chi connectivity index (χ0n) is 21.0. The zero-order chi connectivity index (χ0) is 26.1. The number of hydrogen-bond acceptors (Lipinski definition) is 8. The van der Waals surface area contributed by atoms with Crippen molar-refractivity contribution < 1.29 is 23.1 Å². The lowest BCUT2D eigenvalue weighted by Crippen LogP contribution is -2.66. The van der Waals surface area contributed by atoms with E-state index in [2.05, 4.69) is 20.3 Å². The second-order valence-electron chi connectivity index (χ2n) is 9.99. The maximum atomic E-state index is 15.6. The molecule has 0 saturated carbocycles. The molecule has 5 rings (SSSR count). The van der Waals surface area contributed by atoms with E-state index < -0.39 is 30.0 Å². The third-order valence-corrected chi connectivity index (χ3v) is 7.75. The number of morpholine rings is 1. The molecule has 3 N–H and O–H groups in total. The number of ether oxygens (including phenoxy) is 1. The maximum absolute atomic E-state index is 15.6. The summed E-state index contributed by atoms with van der Waals surface area (Å²) in [5, 5.41) is 6.98. The highest BCUT2D eigenvalue weighted by Crippen LogP contribution is 2.28. The number of piperidine rings is 2. The lowest BCUT2D eigenvalue weighted by atomic mass is 9.89. The zero-order valence-corrected chi connectivity index (χ0v) is 21.0. The minimum absolute atomic E-state index is 0.0394. The molecule has 202 valence electrons. The molecule has 3 atom stereocenters. The van der Waals surface area contributed by atoms with Gasteiger partial charge in [0.05, 0.1) is 37.7 Å². The van der Waals surface area contributed by atoms with Crippen LogP contribution in [0.25, 0.3) is 5.65 Å². The fourth-order valence-electron chi connectivity index (χ4n) is 5.81. The second kappa shape index (κ2) is 10.8. The highest BCUT2D eigenvalue weighted by molar-refractivity contribution is 6.04. The number of halogens is 2. The van der Waals surface area contributed by atoms with Crippen LogP contribution in [0.3, 0.4) is 0 Å². The highest BCUT2D eigenvalue weighted by atomic mass is 19.1. The molecule has 0 radical (unpaired) electrons. The third kappa shape index (κ3) is 5.25. The number of nitrogens with zero attached hydrogens (tertiary/aromatic N) is 6. The monoisotopic (exact) mass is 520 g/mol. The van der Waals surface area contributed by atoms with Gasteiger partial charge >= 0.3 is 0 Å². The molecule has 0 aromatic carbocycles. The summed E-state index contributed by atoms with van der Waals surface area (Å²) in [6.07, 6.45) is 2.20. The molecule has 0 bridgehead atoms. The molecular weight excluding hydrogens is 486 g/mol. The highest BCUT2D eigenvalue weighted by Gasteiger charge is 2.43. The molecule has 3 aliphatic rings. The number of alkyl halides is 1. The Labute approximate surface area is 213 Å². The largest absolute Gasteiger partial charge is 0.381 e. The Balaban J connectivity index is 1.30. The van der Waals surface area contributed by atoms with Gasteiger partial charge in [0.15, 0.2) is 17.3 Å². The van der Waals surface area contributed by atoms with E-state index in [1.54, 1.807) is 0 Å². The Morgan fingerprint density at radius 3 is 2.62 bits per heavy atom. The molecular formula is C24H34F2N8O3. The van der Waals surface area contributed by atoms with Crippen LogP contribution in [0.1, 0.15) is 30.1 Å². The standard InChI is InChI=1S/C24H34F2N8O3/c1-2-31-13-17(26)20(32-5-3-15(4-6-32)24(36)33-7-9-37-10-8-33)18(14-31)29-23(35)19-21(27)30-34-12-16(25)11-28-22(19)34/h11-12,15,17-18,20H,2-10,13-14H2,1H3,(H2,27,30)(H,29,35). The number of hydrogen-bond donors (Lipinski definition) is 2. The number of likely N-dealkylation sites (N-methyl/N-ethyl adjacent to an activating group) is 1. The van der Waals surface area contributed by atoms with E-state index in [1.165, 1.54) is 0 Å². The first-order chi connectivity index (χ1) is 17.9. The van der Waals surface area contributed by atoms with Gasteiger partial charge in [0.25, 0.3) is 5.91 Å². The molecule has 3 saturated heterocycles. The molecule has 37 heavy (non-hydrogen) atoms. The number of carbonyl (C=O) groups excluding carboxylic acids is 2. The van der Waals surface area contributed by atoms with Crippen LogP contribution in [-0.4, -0.2) is 118 Å². The smallest absolute Gasteiger partial charge is 0.259 e. The van der Waals surface area contributed by atoms with Gasteiger partial charge in [0.1, 0.15) is 11.7 Å². The summed E-state index contributed by atoms with van der Waals surface area (Å²) in [5.74, 6) is -1.14. The molecule has 3 unspecified atom stereocenters. The van der Waals surface area contributed by atoms with Crippen molar-refractivity contribution >= 4 is 23.3 Å². The van der Waals surface area contributed by atoms with Gasteiger partial charge in [0.2, 0.25) is 5.91 Å². The topological polar surface area (TPSA) is 121 Å². The Kier molecular flexibility index (Phi) is 7.54. The van der Waals surface area contributed by atoms with E-state index in [4.69, 9.17) is 10.5 Å². The van der Waals surface area contributed by atoms with Crippen LogP contribution in [0, 0.1) is 11.7 Å². The number of nitrogens with one attached hydrogen (secondary N) is 1. The number of fused-ring (bicyclic) bond motifs is 1. The quantitative estimate of drug-likeness (QED) is 0.572. The summed E-state index contributed by atoms with van der Waals surface area (Å²) in [6, 6.07) is -1.06. The third-order valence-electron chi connectivity index (χ3n) is 7.75. The predicted molar refractivity (Wildman–Crippen MR) is 131 cm³/mol. The van der Waals surface area contributed by atoms with E-state index in [9.17, 15) is 14.0 Å². The molecule has 2 aromatic rings. The van der Waals surface area contributed by atoms with E-state index in [1.807, 2.05) is 16.7 Å². The van der Waals surface area contributed by atoms with Crippen LogP contribution in [0.2, 0.25) is 0 Å². The van der Waals surface area contributed by atoms with Gasteiger partial charge in [-0.05, 0) is 32.5 Å².